The Bertz CT molecular complexity index is 553. The molecule has 0 fully saturated rings. The second kappa shape index (κ2) is 6.18. The molecule has 1 heterocycles. The van der Waals surface area contributed by atoms with Crippen LogP contribution in [0, 0.1) is 0 Å². The van der Waals surface area contributed by atoms with E-state index in [2.05, 4.69) is 55.3 Å². The molecule has 2 rings (SSSR count). The van der Waals surface area contributed by atoms with E-state index >= 15 is 0 Å². The maximum atomic E-state index is 11.8. The predicted molar refractivity (Wildman–Crippen MR) is 84.2 cm³/mol. The van der Waals surface area contributed by atoms with Crippen molar-refractivity contribution in [3.63, 3.8) is 0 Å². The van der Waals surface area contributed by atoms with Gasteiger partial charge in [0.15, 0.2) is 5.13 Å². The molecule has 0 aliphatic carbocycles. The van der Waals surface area contributed by atoms with Crippen LogP contribution in [-0.4, -0.2) is 10.9 Å². The van der Waals surface area contributed by atoms with Gasteiger partial charge in [-0.2, -0.15) is 0 Å². The van der Waals surface area contributed by atoms with Gasteiger partial charge in [-0.15, -0.1) is 11.3 Å². The molecule has 106 valence electrons. The number of hydrogen-bond acceptors (Lipinski definition) is 3. The number of carbonyl (C=O) groups is 1. The molecule has 1 aromatic heterocycles. The van der Waals surface area contributed by atoms with Crippen LogP contribution < -0.4 is 5.32 Å². The average molecular weight is 288 g/mol. The molecule has 0 radical (unpaired) electrons. The molecule has 0 spiro atoms. The summed E-state index contributed by atoms with van der Waals surface area (Å²) >= 11 is 1.43. The molecular formula is C16H20N2OS. The van der Waals surface area contributed by atoms with Crippen molar-refractivity contribution in [1.29, 1.82) is 0 Å². The normalized spacial score (nSPS) is 11.3. The monoisotopic (exact) mass is 288 g/mol. The molecule has 1 N–H and O–H groups in total. The van der Waals surface area contributed by atoms with Gasteiger partial charge in [0.1, 0.15) is 0 Å². The van der Waals surface area contributed by atoms with E-state index in [1.165, 1.54) is 22.5 Å². The molecule has 0 bridgehead atoms. The first-order chi connectivity index (χ1) is 9.45. The summed E-state index contributed by atoms with van der Waals surface area (Å²) in [6, 6.07) is 8.51. The van der Waals surface area contributed by atoms with Crippen LogP contribution in [0.3, 0.4) is 0 Å². The molecule has 0 saturated heterocycles. The molecule has 2 aromatic rings. The molecule has 1 amide bonds. The zero-order valence-corrected chi connectivity index (χ0v) is 13.0. The first kappa shape index (κ1) is 14.7. The van der Waals surface area contributed by atoms with Crippen LogP contribution in [-0.2, 0) is 16.6 Å². The van der Waals surface area contributed by atoms with Crippen molar-refractivity contribution in [2.24, 2.45) is 0 Å². The number of amides is 1. The van der Waals surface area contributed by atoms with Gasteiger partial charge in [0, 0.05) is 18.0 Å². The Morgan fingerprint density at radius 2 is 1.95 bits per heavy atom. The van der Waals surface area contributed by atoms with Gasteiger partial charge in [-0.05, 0) is 23.0 Å². The Hall–Kier alpha value is -1.68. The molecule has 0 saturated carbocycles. The van der Waals surface area contributed by atoms with Crippen LogP contribution in [0.25, 0.3) is 0 Å². The van der Waals surface area contributed by atoms with Gasteiger partial charge in [-0.25, -0.2) is 4.98 Å². The van der Waals surface area contributed by atoms with Crippen LogP contribution in [0.2, 0.25) is 0 Å². The van der Waals surface area contributed by atoms with E-state index in [1.54, 1.807) is 6.20 Å². The quantitative estimate of drug-likeness (QED) is 0.923. The SMILES string of the molecule is CC(C)(C)c1ccc(CCC(=O)Nc2nccs2)cc1. The van der Waals surface area contributed by atoms with E-state index in [0.29, 0.717) is 11.6 Å². The zero-order valence-electron chi connectivity index (χ0n) is 12.1. The van der Waals surface area contributed by atoms with Gasteiger partial charge in [0.05, 0.1) is 0 Å². The smallest absolute Gasteiger partial charge is 0.226 e. The number of hydrogen-bond donors (Lipinski definition) is 1. The van der Waals surface area contributed by atoms with Crippen molar-refractivity contribution in [2.75, 3.05) is 5.32 Å². The summed E-state index contributed by atoms with van der Waals surface area (Å²) in [6.45, 7) is 6.59. The summed E-state index contributed by atoms with van der Waals surface area (Å²) in [7, 11) is 0. The van der Waals surface area contributed by atoms with E-state index in [-0.39, 0.29) is 11.3 Å². The van der Waals surface area contributed by atoms with Crippen LogP contribution >= 0.6 is 11.3 Å². The lowest BCUT2D eigenvalue weighted by atomic mass is 9.86. The number of aryl methyl sites for hydroxylation is 1. The highest BCUT2D eigenvalue weighted by Gasteiger charge is 2.13. The van der Waals surface area contributed by atoms with Gasteiger partial charge in [0.2, 0.25) is 5.91 Å². The molecule has 4 heteroatoms. The standard InChI is InChI=1S/C16H20N2OS/c1-16(2,3)13-7-4-12(5-8-13)6-9-14(19)18-15-17-10-11-20-15/h4-5,7-8,10-11H,6,9H2,1-3H3,(H,17,18,19). The van der Waals surface area contributed by atoms with Crippen LogP contribution in [0.4, 0.5) is 5.13 Å². The maximum absolute atomic E-state index is 11.8. The second-order valence-corrected chi connectivity index (χ2v) is 6.73. The first-order valence-corrected chi connectivity index (χ1v) is 7.62. The van der Waals surface area contributed by atoms with Gasteiger partial charge < -0.3 is 5.32 Å². The Morgan fingerprint density at radius 1 is 1.25 bits per heavy atom. The van der Waals surface area contributed by atoms with Crippen LogP contribution in [0.5, 0.6) is 0 Å². The number of nitrogens with zero attached hydrogens (tertiary/aromatic N) is 1. The number of nitrogens with one attached hydrogen (secondary N) is 1. The van der Waals surface area contributed by atoms with Crippen molar-refractivity contribution < 1.29 is 4.79 Å². The number of carbonyl (C=O) groups excluding carboxylic acids is 1. The Labute approximate surface area is 124 Å². The molecular weight excluding hydrogens is 268 g/mol. The number of aromatic nitrogens is 1. The summed E-state index contributed by atoms with van der Waals surface area (Å²) in [5.74, 6) is 0.0137. The van der Waals surface area contributed by atoms with Crippen molar-refractivity contribution in [2.45, 2.75) is 39.0 Å². The third kappa shape index (κ3) is 4.17. The molecule has 0 atom stereocenters. The second-order valence-electron chi connectivity index (χ2n) is 5.83. The van der Waals surface area contributed by atoms with Crippen molar-refractivity contribution in [1.82, 2.24) is 4.98 Å². The third-order valence-electron chi connectivity index (χ3n) is 3.14. The van der Waals surface area contributed by atoms with Gasteiger partial charge >= 0.3 is 0 Å². The van der Waals surface area contributed by atoms with Crippen molar-refractivity contribution in [3.05, 3.63) is 47.0 Å². The number of benzene rings is 1. The highest BCUT2D eigenvalue weighted by Crippen LogP contribution is 2.22. The Morgan fingerprint density at radius 3 is 2.50 bits per heavy atom. The van der Waals surface area contributed by atoms with Crippen molar-refractivity contribution in [3.8, 4) is 0 Å². The van der Waals surface area contributed by atoms with E-state index in [4.69, 9.17) is 0 Å². The minimum absolute atomic E-state index is 0.0137. The van der Waals surface area contributed by atoms with Crippen molar-refractivity contribution >= 4 is 22.4 Å². The fraction of sp³-hybridized carbons (Fsp3) is 0.375. The lowest BCUT2D eigenvalue weighted by molar-refractivity contribution is -0.116. The lowest BCUT2D eigenvalue weighted by Crippen LogP contribution is -2.12. The van der Waals surface area contributed by atoms with E-state index in [9.17, 15) is 4.79 Å². The average Bonchev–Trinajstić information content (AvgIpc) is 2.88. The summed E-state index contributed by atoms with van der Waals surface area (Å²) in [4.78, 5) is 15.8. The first-order valence-electron chi connectivity index (χ1n) is 6.74. The third-order valence-corrected chi connectivity index (χ3v) is 3.83. The molecule has 1 aromatic carbocycles. The number of anilines is 1. The predicted octanol–water partition coefficient (Wildman–Crippen LogP) is 4.01. The van der Waals surface area contributed by atoms with Gasteiger partial charge in [0.25, 0.3) is 0 Å². The van der Waals surface area contributed by atoms with E-state index < -0.39 is 0 Å². The van der Waals surface area contributed by atoms with E-state index in [0.717, 1.165) is 6.42 Å². The Balaban J connectivity index is 1.86. The molecule has 3 nitrogen and oxygen atoms in total. The van der Waals surface area contributed by atoms with Crippen LogP contribution in [0.1, 0.15) is 38.3 Å². The molecule has 20 heavy (non-hydrogen) atoms. The highest BCUT2D eigenvalue weighted by molar-refractivity contribution is 7.13. The number of rotatable bonds is 4. The minimum atomic E-state index is 0.0137. The number of thiazole rings is 1. The van der Waals surface area contributed by atoms with E-state index in [1.807, 2.05) is 5.38 Å². The topological polar surface area (TPSA) is 42.0 Å². The fourth-order valence-corrected chi connectivity index (χ4v) is 2.44. The highest BCUT2D eigenvalue weighted by atomic mass is 32.1. The molecule has 0 unspecified atom stereocenters. The minimum Gasteiger partial charge on any atom is -0.302 e. The zero-order chi connectivity index (χ0) is 14.6. The molecule has 0 aliphatic rings. The molecule has 0 aliphatic heterocycles. The lowest BCUT2D eigenvalue weighted by Gasteiger charge is -2.19. The Kier molecular flexibility index (Phi) is 4.55. The summed E-state index contributed by atoms with van der Waals surface area (Å²) in [5, 5.41) is 5.31. The van der Waals surface area contributed by atoms with Gasteiger partial charge in [-0.3, -0.25) is 4.79 Å². The summed E-state index contributed by atoms with van der Waals surface area (Å²) < 4.78 is 0. The van der Waals surface area contributed by atoms with Gasteiger partial charge in [-0.1, -0.05) is 45.0 Å². The largest absolute Gasteiger partial charge is 0.302 e. The maximum Gasteiger partial charge on any atom is 0.226 e. The fourth-order valence-electron chi connectivity index (χ4n) is 1.90. The summed E-state index contributed by atoms with van der Waals surface area (Å²) in [6.07, 6.45) is 2.92. The summed E-state index contributed by atoms with van der Waals surface area (Å²) in [5.41, 5.74) is 2.67. The van der Waals surface area contributed by atoms with Crippen LogP contribution in [0.15, 0.2) is 35.8 Å².